The summed E-state index contributed by atoms with van der Waals surface area (Å²) in [5.74, 6) is -0.749. The summed E-state index contributed by atoms with van der Waals surface area (Å²) in [4.78, 5) is 22.9. The molecule has 0 saturated carbocycles. The van der Waals surface area contributed by atoms with Crippen molar-refractivity contribution >= 4 is 11.9 Å². The zero-order valence-corrected chi connectivity index (χ0v) is 11.2. The zero-order valence-electron chi connectivity index (χ0n) is 11.2. The number of ether oxygens (including phenoxy) is 1. The van der Waals surface area contributed by atoms with E-state index >= 15 is 0 Å². The number of benzene rings is 1. The lowest BCUT2D eigenvalue weighted by Crippen LogP contribution is -2.36. The maximum atomic E-state index is 12.1. The Labute approximate surface area is 112 Å². The SMILES string of the molecule is CCCC(CC(=O)O)NC(=O)c1ccccc1OC. The molecule has 19 heavy (non-hydrogen) atoms. The van der Waals surface area contributed by atoms with Crippen LogP contribution >= 0.6 is 0 Å². The van der Waals surface area contributed by atoms with Crippen molar-refractivity contribution in [1.82, 2.24) is 5.32 Å². The van der Waals surface area contributed by atoms with E-state index < -0.39 is 5.97 Å². The van der Waals surface area contributed by atoms with Crippen LogP contribution in [0.5, 0.6) is 5.75 Å². The van der Waals surface area contributed by atoms with Crippen LogP contribution < -0.4 is 10.1 Å². The Morgan fingerprint density at radius 2 is 2.05 bits per heavy atom. The highest BCUT2D eigenvalue weighted by Crippen LogP contribution is 2.17. The largest absolute Gasteiger partial charge is 0.496 e. The number of carboxylic acids is 1. The molecule has 0 saturated heterocycles. The second kappa shape index (κ2) is 7.41. The molecule has 0 aliphatic rings. The van der Waals surface area contributed by atoms with Crippen LogP contribution in [-0.2, 0) is 4.79 Å². The topological polar surface area (TPSA) is 75.6 Å². The maximum Gasteiger partial charge on any atom is 0.305 e. The first kappa shape index (κ1) is 15.0. The second-order valence-corrected chi connectivity index (χ2v) is 4.26. The van der Waals surface area contributed by atoms with Gasteiger partial charge >= 0.3 is 5.97 Å². The summed E-state index contributed by atoms with van der Waals surface area (Å²) in [7, 11) is 1.49. The molecule has 0 heterocycles. The van der Waals surface area contributed by atoms with E-state index in [-0.39, 0.29) is 18.4 Å². The Morgan fingerprint density at radius 3 is 2.63 bits per heavy atom. The van der Waals surface area contributed by atoms with Crippen molar-refractivity contribution in [3.05, 3.63) is 29.8 Å². The Morgan fingerprint density at radius 1 is 1.37 bits per heavy atom. The number of hydrogen-bond donors (Lipinski definition) is 2. The maximum absolute atomic E-state index is 12.1. The number of nitrogens with one attached hydrogen (secondary N) is 1. The summed E-state index contributed by atoms with van der Waals surface area (Å²) in [6.07, 6.45) is 1.37. The van der Waals surface area contributed by atoms with Crippen molar-refractivity contribution in [3.8, 4) is 5.75 Å². The zero-order chi connectivity index (χ0) is 14.3. The molecule has 0 aliphatic carbocycles. The first-order chi connectivity index (χ1) is 9.08. The van der Waals surface area contributed by atoms with Crippen LogP contribution in [0.3, 0.4) is 0 Å². The Balaban J connectivity index is 2.78. The van der Waals surface area contributed by atoms with E-state index in [0.29, 0.717) is 17.7 Å². The molecule has 1 atom stereocenters. The van der Waals surface area contributed by atoms with Gasteiger partial charge in [0.05, 0.1) is 19.1 Å². The second-order valence-electron chi connectivity index (χ2n) is 4.26. The molecule has 2 N–H and O–H groups in total. The highest BCUT2D eigenvalue weighted by atomic mass is 16.5. The minimum atomic E-state index is -0.918. The number of amides is 1. The minimum Gasteiger partial charge on any atom is -0.496 e. The molecule has 0 bridgehead atoms. The monoisotopic (exact) mass is 265 g/mol. The van der Waals surface area contributed by atoms with Gasteiger partial charge < -0.3 is 15.2 Å². The van der Waals surface area contributed by atoms with Gasteiger partial charge in [-0.2, -0.15) is 0 Å². The number of hydrogen-bond acceptors (Lipinski definition) is 3. The molecule has 1 amide bonds. The van der Waals surface area contributed by atoms with Crippen molar-refractivity contribution in [2.45, 2.75) is 32.2 Å². The van der Waals surface area contributed by atoms with Gasteiger partial charge in [0.1, 0.15) is 5.75 Å². The van der Waals surface area contributed by atoms with E-state index in [0.717, 1.165) is 6.42 Å². The quantitative estimate of drug-likeness (QED) is 0.791. The number of carbonyl (C=O) groups excluding carboxylic acids is 1. The molecule has 104 valence electrons. The van der Waals surface area contributed by atoms with Crippen molar-refractivity contribution in [3.63, 3.8) is 0 Å². The minimum absolute atomic E-state index is 0.0747. The lowest BCUT2D eigenvalue weighted by atomic mass is 10.1. The number of para-hydroxylation sites is 1. The molecule has 5 heteroatoms. The third kappa shape index (κ3) is 4.62. The Bertz CT molecular complexity index is 445. The molecule has 0 fully saturated rings. The van der Waals surface area contributed by atoms with E-state index in [1.807, 2.05) is 6.92 Å². The average molecular weight is 265 g/mol. The molecule has 5 nitrogen and oxygen atoms in total. The van der Waals surface area contributed by atoms with Crippen molar-refractivity contribution in [1.29, 1.82) is 0 Å². The Hall–Kier alpha value is -2.04. The van der Waals surface area contributed by atoms with E-state index in [1.165, 1.54) is 7.11 Å². The van der Waals surface area contributed by atoms with Crippen molar-refractivity contribution in [2.75, 3.05) is 7.11 Å². The molecule has 0 aliphatic heterocycles. The summed E-state index contributed by atoms with van der Waals surface area (Å²) in [5.41, 5.74) is 0.413. The summed E-state index contributed by atoms with van der Waals surface area (Å²) < 4.78 is 5.11. The summed E-state index contributed by atoms with van der Waals surface area (Å²) in [5, 5.41) is 11.6. The van der Waals surface area contributed by atoms with Crippen LogP contribution in [0.1, 0.15) is 36.5 Å². The van der Waals surface area contributed by atoms with Gasteiger partial charge in [-0.15, -0.1) is 0 Å². The van der Waals surface area contributed by atoms with Gasteiger partial charge in [-0.1, -0.05) is 25.5 Å². The van der Waals surface area contributed by atoms with Gasteiger partial charge in [-0.05, 0) is 18.6 Å². The number of carboxylic acid groups (broad SMARTS) is 1. The summed E-state index contributed by atoms with van der Waals surface area (Å²) in [6.45, 7) is 1.95. The van der Waals surface area contributed by atoms with E-state index in [1.54, 1.807) is 24.3 Å². The van der Waals surface area contributed by atoms with E-state index in [4.69, 9.17) is 9.84 Å². The molecule has 1 aromatic carbocycles. The molecule has 0 spiro atoms. The van der Waals surface area contributed by atoms with Crippen LogP contribution in [0.2, 0.25) is 0 Å². The van der Waals surface area contributed by atoms with Gasteiger partial charge in [0.25, 0.3) is 5.91 Å². The number of methoxy groups -OCH3 is 1. The number of aliphatic carboxylic acids is 1. The molecule has 0 aromatic heterocycles. The highest BCUT2D eigenvalue weighted by molar-refractivity contribution is 5.97. The van der Waals surface area contributed by atoms with Gasteiger partial charge in [0.2, 0.25) is 0 Å². The fourth-order valence-electron chi connectivity index (χ4n) is 1.88. The first-order valence-electron chi connectivity index (χ1n) is 6.24. The van der Waals surface area contributed by atoms with Crippen molar-refractivity contribution < 1.29 is 19.4 Å². The molecular formula is C14H19NO4. The average Bonchev–Trinajstić information content (AvgIpc) is 2.38. The van der Waals surface area contributed by atoms with Gasteiger partial charge in [0.15, 0.2) is 0 Å². The summed E-state index contributed by atoms with van der Waals surface area (Å²) in [6, 6.07) is 6.50. The van der Waals surface area contributed by atoms with E-state index in [2.05, 4.69) is 5.32 Å². The van der Waals surface area contributed by atoms with Crippen LogP contribution in [0.25, 0.3) is 0 Å². The van der Waals surface area contributed by atoms with E-state index in [9.17, 15) is 9.59 Å². The first-order valence-corrected chi connectivity index (χ1v) is 6.24. The molecular weight excluding hydrogens is 246 g/mol. The van der Waals surface area contributed by atoms with Crippen molar-refractivity contribution in [2.24, 2.45) is 0 Å². The molecule has 1 unspecified atom stereocenters. The highest BCUT2D eigenvalue weighted by Gasteiger charge is 2.18. The van der Waals surface area contributed by atoms with Crippen LogP contribution in [-0.4, -0.2) is 30.1 Å². The predicted molar refractivity (Wildman–Crippen MR) is 71.4 cm³/mol. The third-order valence-corrected chi connectivity index (χ3v) is 2.74. The van der Waals surface area contributed by atoms with Gasteiger partial charge in [-0.3, -0.25) is 9.59 Å². The lowest BCUT2D eigenvalue weighted by molar-refractivity contribution is -0.137. The van der Waals surface area contributed by atoms with Gasteiger partial charge in [0, 0.05) is 6.04 Å². The molecule has 1 aromatic rings. The molecule has 0 radical (unpaired) electrons. The lowest BCUT2D eigenvalue weighted by Gasteiger charge is -2.17. The van der Waals surface area contributed by atoms with Gasteiger partial charge in [-0.25, -0.2) is 0 Å². The smallest absolute Gasteiger partial charge is 0.305 e. The number of rotatable bonds is 7. The fourth-order valence-corrected chi connectivity index (χ4v) is 1.88. The standard InChI is InChI=1S/C14H19NO4/c1-3-6-10(9-13(16)17)15-14(18)11-7-4-5-8-12(11)19-2/h4-5,7-8,10H,3,6,9H2,1-2H3,(H,15,18)(H,16,17). The van der Waals surface area contributed by atoms with Crippen LogP contribution in [0.15, 0.2) is 24.3 Å². The fraction of sp³-hybridized carbons (Fsp3) is 0.429. The molecule has 1 rings (SSSR count). The summed E-state index contributed by atoms with van der Waals surface area (Å²) >= 11 is 0. The van der Waals surface area contributed by atoms with Crippen LogP contribution in [0, 0.1) is 0 Å². The van der Waals surface area contributed by atoms with Crippen LogP contribution in [0.4, 0.5) is 0 Å². The normalized spacial score (nSPS) is 11.7. The Kier molecular flexibility index (Phi) is 5.85. The number of carbonyl (C=O) groups is 2. The predicted octanol–water partition coefficient (Wildman–Crippen LogP) is 2.07. The third-order valence-electron chi connectivity index (χ3n) is 2.74.